The number of anilines is 1. The largest absolute Gasteiger partial charge is 0.502 e. The smallest absolute Gasteiger partial charge is 0.339 e. The summed E-state index contributed by atoms with van der Waals surface area (Å²) in [7, 11) is 2.69. The number of aromatic carboxylic acids is 1. The molecule has 1 aliphatic rings. The molecule has 4 rings (SSSR count). The fourth-order valence-electron chi connectivity index (χ4n) is 3.91. The number of hydrogen-bond donors (Lipinski definition) is 3. The van der Waals surface area contributed by atoms with E-state index < -0.39 is 29.4 Å². The van der Waals surface area contributed by atoms with Gasteiger partial charge >= 0.3 is 5.97 Å². The summed E-state index contributed by atoms with van der Waals surface area (Å²) in [6, 6.07) is 5.80. The first-order valence-corrected chi connectivity index (χ1v) is 9.43. The van der Waals surface area contributed by atoms with Gasteiger partial charge in [0.2, 0.25) is 11.7 Å². The van der Waals surface area contributed by atoms with E-state index >= 15 is 0 Å². The second-order valence-electron chi connectivity index (χ2n) is 7.18. The van der Waals surface area contributed by atoms with E-state index in [1.165, 1.54) is 37.1 Å². The van der Waals surface area contributed by atoms with E-state index in [0.29, 0.717) is 17.3 Å². The number of nitrogens with one attached hydrogen (secondary N) is 1. The first kappa shape index (κ1) is 21.2. The van der Waals surface area contributed by atoms with Gasteiger partial charge in [0.1, 0.15) is 17.2 Å². The van der Waals surface area contributed by atoms with Gasteiger partial charge in [-0.05, 0) is 29.8 Å². The van der Waals surface area contributed by atoms with Crippen LogP contribution in [0, 0.1) is 11.6 Å². The van der Waals surface area contributed by atoms with Gasteiger partial charge in [-0.1, -0.05) is 0 Å². The van der Waals surface area contributed by atoms with Crippen LogP contribution in [0.3, 0.4) is 0 Å². The summed E-state index contributed by atoms with van der Waals surface area (Å²) in [6.45, 7) is 0. The standard InChI is InChI=1S/C22H18F2N2O6/c1-31-16-3-10(4-17(32-2)21(16)28)14-8-18(27)25-19-15(22(29)30)9-26(20(14)19)13-6-11(23)5-12(24)7-13/h3-7,9,14,28H,8H2,1-2H3,(H,25,27)(H,29,30)/t14-/m0/s1. The highest BCUT2D eigenvalue weighted by Crippen LogP contribution is 2.46. The number of carboxylic acid groups (broad SMARTS) is 1. The molecular weight excluding hydrogens is 426 g/mol. The lowest BCUT2D eigenvalue weighted by Crippen LogP contribution is -2.25. The molecule has 0 fully saturated rings. The van der Waals surface area contributed by atoms with Crippen molar-refractivity contribution in [3.05, 3.63) is 65.0 Å². The highest BCUT2D eigenvalue weighted by atomic mass is 19.1. The maximum Gasteiger partial charge on any atom is 0.339 e. The fourth-order valence-corrected chi connectivity index (χ4v) is 3.91. The lowest BCUT2D eigenvalue weighted by molar-refractivity contribution is -0.116. The number of amides is 1. The minimum Gasteiger partial charge on any atom is -0.502 e. The van der Waals surface area contributed by atoms with Crippen LogP contribution in [-0.2, 0) is 4.79 Å². The van der Waals surface area contributed by atoms with Crippen LogP contribution in [0.25, 0.3) is 5.69 Å². The first-order chi connectivity index (χ1) is 15.2. The first-order valence-electron chi connectivity index (χ1n) is 9.43. The summed E-state index contributed by atoms with van der Waals surface area (Å²) >= 11 is 0. The van der Waals surface area contributed by atoms with Gasteiger partial charge in [-0.25, -0.2) is 13.6 Å². The van der Waals surface area contributed by atoms with Crippen molar-refractivity contribution in [2.45, 2.75) is 12.3 Å². The summed E-state index contributed by atoms with van der Waals surface area (Å²) in [4.78, 5) is 24.3. The monoisotopic (exact) mass is 444 g/mol. The van der Waals surface area contributed by atoms with Crippen LogP contribution in [0.2, 0.25) is 0 Å². The minimum atomic E-state index is -1.32. The van der Waals surface area contributed by atoms with Crippen molar-refractivity contribution in [1.82, 2.24) is 4.57 Å². The SMILES string of the molecule is COc1cc([C@@H]2CC(=O)Nc3c(C(=O)O)cn(-c4cc(F)cc(F)c4)c32)cc(OC)c1O. The summed E-state index contributed by atoms with van der Waals surface area (Å²) in [5, 5.41) is 22.5. The molecule has 1 aliphatic heterocycles. The minimum absolute atomic E-state index is 0.0226. The molecular formula is C22H18F2N2O6. The zero-order valence-electron chi connectivity index (χ0n) is 17.0. The number of carbonyl (C=O) groups is 2. The zero-order chi connectivity index (χ0) is 23.2. The molecule has 0 saturated heterocycles. The molecule has 1 atom stereocenters. The maximum absolute atomic E-state index is 13.9. The Hall–Kier alpha value is -4.08. The summed E-state index contributed by atoms with van der Waals surface area (Å²) in [5.41, 5.74) is 0.613. The number of aromatic hydroxyl groups is 1. The third-order valence-electron chi connectivity index (χ3n) is 5.29. The number of benzene rings is 2. The number of nitrogens with zero attached hydrogens (tertiary/aromatic N) is 1. The molecule has 2 aromatic carbocycles. The normalized spacial score (nSPS) is 15.1. The number of methoxy groups -OCH3 is 2. The second kappa shape index (κ2) is 7.88. The average molecular weight is 444 g/mol. The van der Waals surface area contributed by atoms with Gasteiger partial charge in [-0.15, -0.1) is 0 Å². The number of fused-ring (bicyclic) bond motifs is 1. The lowest BCUT2D eigenvalue weighted by Gasteiger charge is -2.27. The molecule has 10 heteroatoms. The maximum atomic E-state index is 13.9. The van der Waals surface area contributed by atoms with Gasteiger partial charge in [0.15, 0.2) is 11.5 Å². The molecule has 8 nitrogen and oxygen atoms in total. The Labute approximate surface area is 180 Å². The molecule has 1 aromatic heterocycles. The molecule has 1 amide bonds. The predicted octanol–water partition coefficient (Wildman–Crippen LogP) is 3.65. The predicted molar refractivity (Wildman–Crippen MR) is 109 cm³/mol. The Balaban J connectivity index is 2.01. The van der Waals surface area contributed by atoms with Crippen LogP contribution < -0.4 is 14.8 Å². The van der Waals surface area contributed by atoms with Crippen molar-refractivity contribution in [2.75, 3.05) is 19.5 Å². The Kier molecular flexibility index (Phi) is 5.21. The average Bonchev–Trinajstić information content (AvgIpc) is 3.12. The highest BCUT2D eigenvalue weighted by molar-refractivity contribution is 6.04. The van der Waals surface area contributed by atoms with Gasteiger partial charge in [0, 0.05) is 24.6 Å². The molecule has 0 unspecified atom stereocenters. The molecule has 0 bridgehead atoms. The van der Waals surface area contributed by atoms with Crippen molar-refractivity contribution < 1.29 is 38.1 Å². The van der Waals surface area contributed by atoms with Crippen molar-refractivity contribution in [3.8, 4) is 22.9 Å². The molecule has 0 radical (unpaired) electrons. The molecule has 0 saturated carbocycles. The Morgan fingerprint density at radius 1 is 1.09 bits per heavy atom. The van der Waals surface area contributed by atoms with E-state index in [2.05, 4.69) is 5.32 Å². The lowest BCUT2D eigenvalue weighted by atomic mass is 9.87. The van der Waals surface area contributed by atoms with Gasteiger partial charge in [-0.3, -0.25) is 4.79 Å². The van der Waals surface area contributed by atoms with Crippen LogP contribution >= 0.6 is 0 Å². The number of phenols is 1. The number of carboxylic acids is 1. The van der Waals surface area contributed by atoms with Crippen molar-refractivity contribution >= 4 is 17.6 Å². The van der Waals surface area contributed by atoms with E-state index in [-0.39, 0.29) is 40.6 Å². The molecule has 32 heavy (non-hydrogen) atoms. The van der Waals surface area contributed by atoms with E-state index in [4.69, 9.17) is 9.47 Å². The Morgan fingerprint density at radius 2 is 1.69 bits per heavy atom. The molecule has 166 valence electrons. The van der Waals surface area contributed by atoms with Crippen LogP contribution in [0.15, 0.2) is 36.5 Å². The van der Waals surface area contributed by atoms with Gasteiger partial charge in [0.25, 0.3) is 0 Å². The van der Waals surface area contributed by atoms with Crippen molar-refractivity contribution in [3.63, 3.8) is 0 Å². The Morgan fingerprint density at radius 3 is 2.22 bits per heavy atom. The number of carbonyl (C=O) groups excluding carboxylic acids is 1. The molecule has 2 heterocycles. The molecule has 3 aromatic rings. The number of rotatable bonds is 5. The molecule has 3 N–H and O–H groups in total. The third kappa shape index (κ3) is 3.49. The highest BCUT2D eigenvalue weighted by Gasteiger charge is 2.35. The van der Waals surface area contributed by atoms with E-state index in [0.717, 1.165) is 12.1 Å². The third-order valence-corrected chi connectivity index (χ3v) is 5.29. The van der Waals surface area contributed by atoms with Crippen LogP contribution in [0.1, 0.15) is 34.0 Å². The van der Waals surface area contributed by atoms with Crippen molar-refractivity contribution in [1.29, 1.82) is 0 Å². The van der Waals surface area contributed by atoms with E-state index in [9.17, 15) is 28.6 Å². The summed E-state index contributed by atoms with van der Waals surface area (Å²) < 4.78 is 39.6. The van der Waals surface area contributed by atoms with E-state index in [1.54, 1.807) is 0 Å². The molecule has 0 spiro atoms. The van der Waals surface area contributed by atoms with Crippen molar-refractivity contribution in [2.24, 2.45) is 0 Å². The van der Waals surface area contributed by atoms with Gasteiger partial charge < -0.3 is 29.6 Å². The van der Waals surface area contributed by atoms with Gasteiger partial charge in [0.05, 0.1) is 31.3 Å². The number of hydrogen-bond acceptors (Lipinski definition) is 5. The summed E-state index contributed by atoms with van der Waals surface area (Å²) in [5.74, 6) is -4.26. The summed E-state index contributed by atoms with van der Waals surface area (Å²) in [6.07, 6.45) is 1.11. The van der Waals surface area contributed by atoms with Crippen LogP contribution in [0.4, 0.5) is 14.5 Å². The number of phenolic OH excluding ortho intramolecular Hbond substituents is 1. The fraction of sp³-hybridized carbons (Fsp3) is 0.182. The number of ether oxygens (including phenoxy) is 2. The van der Waals surface area contributed by atoms with Gasteiger partial charge in [-0.2, -0.15) is 0 Å². The quantitative estimate of drug-likeness (QED) is 0.554. The van der Waals surface area contributed by atoms with Crippen LogP contribution in [-0.4, -0.2) is 40.9 Å². The number of halogens is 2. The van der Waals surface area contributed by atoms with E-state index in [1.807, 2.05) is 0 Å². The zero-order valence-corrected chi connectivity index (χ0v) is 17.0. The number of aromatic nitrogens is 1. The molecule has 0 aliphatic carbocycles. The van der Waals surface area contributed by atoms with Crippen LogP contribution in [0.5, 0.6) is 17.2 Å². The second-order valence-corrected chi connectivity index (χ2v) is 7.18. The topological polar surface area (TPSA) is 110 Å². The Bertz CT molecular complexity index is 1210.